The Bertz CT molecular complexity index is 439. The van der Waals surface area contributed by atoms with E-state index in [1.807, 2.05) is 30.3 Å². The Labute approximate surface area is 154 Å². The largest absolute Gasteiger partial charge is 2.00 e. The van der Waals surface area contributed by atoms with Crippen molar-refractivity contribution >= 4 is 0 Å². The molecule has 0 amide bonds. The molecule has 0 unspecified atom stereocenters. The van der Waals surface area contributed by atoms with Crippen LogP contribution in [0.3, 0.4) is 0 Å². The predicted octanol–water partition coefficient (Wildman–Crippen LogP) is 7.01. The fourth-order valence-electron chi connectivity index (χ4n) is 2.82. The second-order valence-electron chi connectivity index (χ2n) is 7.19. The molecule has 0 nitrogen and oxygen atoms in total. The third-order valence-corrected chi connectivity index (χ3v) is 4.07. The van der Waals surface area contributed by atoms with E-state index in [9.17, 15) is 0 Å². The Morgan fingerprint density at radius 2 is 1.52 bits per heavy atom. The van der Waals surface area contributed by atoms with Crippen LogP contribution in [0.15, 0.2) is 48.5 Å². The van der Waals surface area contributed by atoms with E-state index < -0.39 is 0 Å². The molecule has 0 saturated carbocycles. The molecule has 0 saturated heterocycles. The van der Waals surface area contributed by atoms with Gasteiger partial charge in [-0.3, -0.25) is 0 Å². The average molecular weight is 354 g/mol. The van der Waals surface area contributed by atoms with Crippen LogP contribution in [-0.4, -0.2) is 0 Å². The third-order valence-electron chi connectivity index (χ3n) is 4.07. The fourth-order valence-corrected chi connectivity index (χ4v) is 2.82. The second-order valence-corrected chi connectivity index (χ2v) is 7.19. The number of aryl methyl sites for hydroxylation is 1. The van der Waals surface area contributed by atoms with Crippen molar-refractivity contribution in [2.24, 2.45) is 0 Å². The van der Waals surface area contributed by atoms with Crippen LogP contribution in [-0.2, 0) is 28.9 Å². The molecule has 23 heavy (non-hydrogen) atoms. The molecule has 0 aliphatic rings. The summed E-state index contributed by atoms with van der Waals surface area (Å²) in [6, 6.07) is 16.8. The van der Waals surface area contributed by atoms with Crippen LogP contribution < -0.4 is 0 Å². The molecule has 2 aromatic rings. The van der Waals surface area contributed by atoms with Crippen LogP contribution >= 0.6 is 0 Å². The number of hydrogen-bond donors (Lipinski definition) is 0. The monoisotopic (exact) mass is 354 g/mol. The predicted molar refractivity (Wildman–Crippen MR) is 99.9 cm³/mol. The molecule has 0 radical (unpaired) electrons. The van der Waals surface area contributed by atoms with Gasteiger partial charge >= 0.3 is 17.1 Å². The Balaban J connectivity index is 0.000000684. The molecule has 0 fully saturated rings. The van der Waals surface area contributed by atoms with Gasteiger partial charge in [-0.15, -0.1) is 0 Å². The summed E-state index contributed by atoms with van der Waals surface area (Å²) in [5, 5.41) is 0. The Morgan fingerprint density at radius 3 is 2.04 bits per heavy atom. The minimum Gasteiger partial charge on any atom is -0.214 e. The van der Waals surface area contributed by atoms with Crippen molar-refractivity contribution in [2.75, 3.05) is 0 Å². The van der Waals surface area contributed by atoms with Crippen molar-refractivity contribution in [1.82, 2.24) is 0 Å². The van der Waals surface area contributed by atoms with Crippen LogP contribution in [0.25, 0.3) is 0 Å². The Hall–Kier alpha value is -0.781. The van der Waals surface area contributed by atoms with Gasteiger partial charge in [-0.2, -0.15) is 35.4 Å². The summed E-state index contributed by atoms with van der Waals surface area (Å²) in [4.78, 5) is 0. The quantitative estimate of drug-likeness (QED) is 0.285. The van der Waals surface area contributed by atoms with Crippen molar-refractivity contribution in [3.05, 3.63) is 59.7 Å². The first-order chi connectivity index (χ1) is 10.6. The topological polar surface area (TPSA) is 0 Å². The smallest absolute Gasteiger partial charge is 0.214 e. The molecule has 0 aliphatic heterocycles. The van der Waals surface area contributed by atoms with E-state index in [4.69, 9.17) is 0 Å². The van der Waals surface area contributed by atoms with Gasteiger partial charge < -0.3 is 0 Å². The zero-order valence-corrected chi connectivity index (χ0v) is 16.5. The van der Waals surface area contributed by atoms with Crippen LogP contribution in [0.5, 0.6) is 0 Å². The van der Waals surface area contributed by atoms with Gasteiger partial charge in [0.15, 0.2) is 0 Å². The molecule has 0 aliphatic carbocycles. The minimum atomic E-state index is 0. The van der Waals surface area contributed by atoms with E-state index in [2.05, 4.69) is 45.9 Å². The first-order valence-corrected chi connectivity index (χ1v) is 8.97. The van der Waals surface area contributed by atoms with Crippen LogP contribution in [0.2, 0.25) is 0 Å². The van der Waals surface area contributed by atoms with Crippen LogP contribution in [0.4, 0.5) is 0 Å². The van der Waals surface area contributed by atoms with Gasteiger partial charge in [0.2, 0.25) is 0 Å². The summed E-state index contributed by atoms with van der Waals surface area (Å²) in [6.45, 7) is 9.22. The summed E-state index contributed by atoms with van der Waals surface area (Å²) in [5.41, 5.74) is 3.43. The normalized spacial score (nSPS) is 10.6. The maximum Gasteiger partial charge on any atom is 2.00 e. The molecule has 0 atom stereocenters. The molecule has 0 N–H and O–H groups in total. The SMILES string of the molecule is CCCCCCCC[c-]1cccc1C(C)(C)C.[Fe+2].c1cc[cH-]c1. The number of unbranched alkanes of at least 4 members (excludes halogenated alkanes) is 5. The van der Waals surface area contributed by atoms with E-state index in [1.165, 1.54) is 44.9 Å². The Kier molecular flexibility index (Phi) is 12.2. The Morgan fingerprint density at radius 1 is 0.913 bits per heavy atom. The zero-order valence-electron chi connectivity index (χ0n) is 15.4. The van der Waals surface area contributed by atoms with Crippen molar-refractivity contribution in [2.45, 2.75) is 78.1 Å². The zero-order chi connectivity index (χ0) is 16.3. The first kappa shape index (κ1) is 22.2. The summed E-state index contributed by atoms with van der Waals surface area (Å²) in [6.07, 6.45) is 9.61. The third kappa shape index (κ3) is 9.84. The molecule has 0 heterocycles. The van der Waals surface area contributed by atoms with Gasteiger partial charge in [0.25, 0.3) is 0 Å². The van der Waals surface area contributed by atoms with E-state index >= 15 is 0 Å². The first-order valence-electron chi connectivity index (χ1n) is 8.97. The molecular weight excluding hydrogens is 320 g/mol. The molecule has 2 aromatic carbocycles. The number of rotatable bonds is 7. The van der Waals surface area contributed by atoms with Crippen molar-refractivity contribution in [3.63, 3.8) is 0 Å². The van der Waals surface area contributed by atoms with Crippen LogP contribution in [0, 0.1) is 0 Å². The van der Waals surface area contributed by atoms with Crippen molar-refractivity contribution in [1.29, 1.82) is 0 Å². The van der Waals surface area contributed by atoms with Crippen molar-refractivity contribution < 1.29 is 17.1 Å². The van der Waals surface area contributed by atoms with Crippen molar-refractivity contribution in [3.8, 4) is 0 Å². The van der Waals surface area contributed by atoms with E-state index in [-0.39, 0.29) is 17.1 Å². The second kappa shape index (κ2) is 12.6. The summed E-state index contributed by atoms with van der Waals surface area (Å²) >= 11 is 0. The minimum absolute atomic E-state index is 0. The van der Waals surface area contributed by atoms with Gasteiger partial charge in [0.05, 0.1) is 0 Å². The molecule has 0 aromatic heterocycles. The van der Waals surface area contributed by atoms with E-state index in [1.54, 1.807) is 11.1 Å². The molecule has 2 rings (SSSR count). The molecular formula is C22H34Fe. The van der Waals surface area contributed by atoms with Gasteiger partial charge in [-0.25, -0.2) is 24.3 Å². The van der Waals surface area contributed by atoms with E-state index in [0.29, 0.717) is 5.41 Å². The van der Waals surface area contributed by atoms with Gasteiger partial charge in [0.1, 0.15) is 0 Å². The van der Waals surface area contributed by atoms with Gasteiger partial charge in [-0.05, 0) is 5.41 Å². The average Bonchev–Trinajstić information content (AvgIpc) is 3.15. The van der Waals surface area contributed by atoms with E-state index in [0.717, 1.165) is 0 Å². The van der Waals surface area contributed by atoms with Crippen LogP contribution in [0.1, 0.15) is 77.3 Å². The molecule has 1 heteroatoms. The number of hydrogen-bond acceptors (Lipinski definition) is 0. The summed E-state index contributed by atoms with van der Waals surface area (Å²) in [5.74, 6) is 0. The summed E-state index contributed by atoms with van der Waals surface area (Å²) < 4.78 is 0. The maximum atomic E-state index is 2.31. The standard InChI is InChI=1S/C17H29.C5H5.Fe/c1-5-6-7-8-9-10-12-15-13-11-14-16(15)17(2,3)4;1-2-4-5-3-1;/h11,13-14H,5-10,12H2,1-4H3;1-5H;/q2*-1;+2. The summed E-state index contributed by atoms with van der Waals surface area (Å²) in [7, 11) is 0. The molecule has 0 bridgehead atoms. The van der Waals surface area contributed by atoms with Gasteiger partial charge in [-0.1, -0.05) is 72.6 Å². The van der Waals surface area contributed by atoms with Gasteiger partial charge in [0, 0.05) is 0 Å². The maximum absolute atomic E-state index is 2.31. The fraction of sp³-hybridized carbons (Fsp3) is 0.545. The molecule has 0 spiro atoms. The molecule has 130 valence electrons.